The van der Waals surface area contributed by atoms with E-state index in [1.165, 1.54) is 34.7 Å². The molecule has 1 fully saturated rings. The molecule has 0 unspecified atom stereocenters. The van der Waals surface area contributed by atoms with Gasteiger partial charge in [-0.05, 0) is 42.0 Å². The van der Waals surface area contributed by atoms with Crippen molar-refractivity contribution >= 4 is 23.5 Å². The second-order valence-electron chi connectivity index (χ2n) is 11.7. The molecular weight excluding hydrogens is 682 g/mol. The molecule has 1 aliphatic rings. The number of carbonyl (C=O) groups is 2. The van der Waals surface area contributed by atoms with Crippen LogP contribution in [0.1, 0.15) is 44.9 Å². The zero-order valence-electron chi connectivity index (χ0n) is 27.4. The Morgan fingerprint density at radius 1 is 1.06 bits per heavy atom. The molecule has 1 saturated heterocycles. The lowest BCUT2D eigenvalue weighted by Crippen LogP contribution is -2.43. The van der Waals surface area contributed by atoms with E-state index < -0.39 is 42.1 Å². The number of hydrogen-bond acceptors (Lipinski definition) is 12. The Morgan fingerprint density at radius 3 is 2.51 bits per heavy atom. The quantitative estimate of drug-likeness (QED) is 0.110. The molecule has 5 aromatic rings. The summed E-state index contributed by atoms with van der Waals surface area (Å²) in [5.41, 5.74) is 0.967. The molecule has 0 N–H and O–H groups in total. The summed E-state index contributed by atoms with van der Waals surface area (Å²) < 4.78 is 53.0. The highest BCUT2D eigenvalue weighted by molar-refractivity contribution is 7.10. The van der Waals surface area contributed by atoms with E-state index in [0.717, 1.165) is 36.8 Å². The maximum atomic E-state index is 15.7. The van der Waals surface area contributed by atoms with Crippen LogP contribution >= 0.6 is 11.3 Å². The van der Waals surface area contributed by atoms with Gasteiger partial charge in [0.1, 0.15) is 29.3 Å². The van der Waals surface area contributed by atoms with Gasteiger partial charge >= 0.3 is 12.1 Å². The minimum Gasteiger partial charge on any atom is -0.424 e. The van der Waals surface area contributed by atoms with Crippen LogP contribution in [0.4, 0.5) is 13.6 Å². The molecule has 0 bridgehead atoms. The van der Waals surface area contributed by atoms with E-state index in [1.807, 2.05) is 12.1 Å². The first-order valence-electron chi connectivity index (χ1n) is 15.9. The predicted molar refractivity (Wildman–Crippen MR) is 179 cm³/mol. The normalized spacial score (nSPS) is 14.9. The van der Waals surface area contributed by atoms with Crippen molar-refractivity contribution in [3.8, 4) is 17.3 Å². The van der Waals surface area contributed by atoms with E-state index in [9.17, 15) is 19.2 Å². The minimum absolute atomic E-state index is 0.173. The van der Waals surface area contributed by atoms with Gasteiger partial charge in [0, 0.05) is 42.2 Å². The monoisotopic (exact) mass is 714 g/mol. The third-order valence-corrected chi connectivity index (χ3v) is 9.51. The molecular formula is C36H32F2N6O6S. The second kappa shape index (κ2) is 16.0. The summed E-state index contributed by atoms with van der Waals surface area (Å²) in [6.45, 7) is 4.34. The molecule has 51 heavy (non-hydrogen) atoms. The van der Waals surface area contributed by atoms with Crippen LogP contribution in [0.2, 0.25) is 0 Å². The van der Waals surface area contributed by atoms with Crippen LogP contribution in [0.3, 0.4) is 0 Å². The van der Waals surface area contributed by atoms with Gasteiger partial charge in [-0.2, -0.15) is 10.4 Å². The summed E-state index contributed by atoms with van der Waals surface area (Å²) in [7, 11) is 0. The third-order valence-electron chi connectivity index (χ3n) is 8.48. The number of rotatable bonds is 12. The summed E-state index contributed by atoms with van der Waals surface area (Å²) >= 11 is 1.23. The van der Waals surface area contributed by atoms with Crippen molar-refractivity contribution in [3.05, 3.63) is 124 Å². The van der Waals surface area contributed by atoms with Gasteiger partial charge in [0.05, 0.1) is 48.6 Å². The molecule has 262 valence electrons. The lowest BCUT2D eigenvalue weighted by atomic mass is 9.81. The van der Waals surface area contributed by atoms with Crippen molar-refractivity contribution in [2.45, 2.75) is 31.5 Å². The first kappa shape index (κ1) is 35.3. The van der Waals surface area contributed by atoms with Gasteiger partial charge in [0.25, 0.3) is 0 Å². The zero-order chi connectivity index (χ0) is 35.8. The van der Waals surface area contributed by atoms with Crippen LogP contribution in [0, 0.1) is 23.0 Å². The fraction of sp³-hybridized carbons (Fsp3) is 0.278. The van der Waals surface area contributed by atoms with E-state index in [4.69, 9.17) is 23.9 Å². The average molecular weight is 715 g/mol. The Bertz CT molecular complexity index is 2000. The number of hydrogen-bond donors (Lipinski definition) is 0. The maximum Gasteiger partial charge on any atom is 0.512 e. The molecule has 2 atom stereocenters. The Hall–Kier alpha value is -5.56. The van der Waals surface area contributed by atoms with Crippen LogP contribution in [0.5, 0.6) is 0 Å². The second-order valence-corrected chi connectivity index (χ2v) is 12.6. The van der Waals surface area contributed by atoms with Crippen LogP contribution in [-0.2, 0) is 37.6 Å². The number of thiazole rings is 1. The molecule has 12 nitrogen and oxygen atoms in total. The molecule has 1 aliphatic heterocycles. The number of aromatic nitrogens is 4. The van der Waals surface area contributed by atoms with Crippen LogP contribution in [-0.4, -0.2) is 69.9 Å². The number of morpholine rings is 1. The van der Waals surface area contributed by atoms with Gasteiger partial charge in [-0.1, -0.05) is 31.2 Å². The maximum absolute atomic E-state index is 15.7. The van der Waals surface area contributed by atoms with Gasteiger partial charge in [0.15, 0.2) is 5.60 Å². The predicted octanol–water partition coefficient (Wildman–Crippen LogP) is 6.05. The molecule has 15 heteroatoms. The van der Waals surface area contributed by atoms with Gasteiger partial charge in [-0.25, -0.2) is 33.0 Å². The van der Waals surface area contributed by atoms with Crippen molar-refractivity contribution in [1.29, 1.82) is 5.26 Å². The summed E-state index contributed by atoms with van der Waals surface area (Å²) in [5, 5.41) is 15.5. The van der Waals surface area contributed by atoms with E-state index >= 15 is 4.39 Å². The smallest absolute Gasteiger partial charge is 0.424 e. The van der Waals surface area contributed by atoms with Gasteiger partial charge in [-0.15, -0.1) is 11.3 Å². The first-order chi connectivity index (χ1) is 24.7. The third kappa shape index (κ3) is 8.43. The van der Waals surface area contributed by atoms with Crippen molar-refractivity contribution < 1.29 is 37.3 Å². The molecule has 0 aliphatic carbocycles. The Morgan fingerprint density at radius 2 is 1.82 bits per heavy atom. The standard InChI is InChI=1S/C36H32F2N6O6S/c1-24(33-42-32(19-51-33)27-6-2-25(17-39)3-7-27)36(20-44-22-40-21-41-44,30-11-10-29(37)16-31(30)38)50-35(46)49-23-48-34(45)28-8-4-26(5-9-28)18-43-12-14-47-15-13-43/h2-11,16,19,21-22,24H,12-15,18,20,23H2,1H3/t24-,36+/m0/s1. The highest BCUT2D eigenvalue weighted by Crippen LogP contribution is 2.45. The molecule has 3 aromatic carbocycles. The number of ether oxygens (including phenoxy) is 4. The van der Waals surface area contributed by atoms with E-state index in [-0.39, 0.29) is 17.7 Å². The summed E-state index contributed by atoms with van der Waals surface area (Å²) in [4.78, 5) is 37.1. The van der Waals surface area contributed by atoms with Crippen molar-refractivity contribution in [2.24, 2.45) is 0 Å². The van der Waals surface area contributed by atoms with E-state index in [1.54, 1.807) is 48.7 Å². The Balaban J connectivity index is 1.21. The number of esters is 1. The Labute approximate surface area is 295 Å². The molecule has 0 spiro atoms. The number of nitriles is 1. The van der Waals surface area contributed by atoms with Crippen LogP contribution < -0.4 is 0 Å². The van der Waals surface area contributed by atoms with Gasteiger partial charge in [0.2, 0.25) is 6.79 Å². The van der Waals surface area contributed by atoms with Crippen molar-refractivity contribution in [1.82, 2.24) is 24.6 Å². The molecule has 0 amide bonds. The fourth-order valence-corrected chi connectivity index (χ4v) is 6.68. The molecule has 3 heterocycles. The largest absolute Gasteiger partial charge is 0.512 e. The first-order valence-corrected chi connectivity index (χ1v) is 16.8. The SMILES string of the molecule is C[C@@H](c1nc(-c2ccc(C#N)cc2)cs1)[C@@](Cn1cncn1)(OC(=O)OCOC(=O)c1ccc(CN2CCOCC2)cc1)c1ccc(F)cc1F. The summed E-state index contributed by atoms with van der Waals surface area (Å²) in [6, 6.07) is 18.7. The molecule has 6 rings (SSSR count). The molecule has 0 radical (unpaired) electrons. The molecule has 0 saturated carbocycles. The van der Waals surface area contributed by atoms with Crippen molar-refractivity contribution in [3.63, 3.8) is 0 Å². The van der Waals surface area contributed by atoms with Gasteiger partial charge < -0.3 is 18.9 Å². The number of halogens is 2. The summed E-state index contributed by atoms with van der Waals surface area (Å²) in [5.74, 6) is -3.42. The van der Waals surface area contributed by atoms with E-state index in [2.05, 4.69) is 21.1 Å². The Kier molecular flexibility index (Phi) is 11.1. The lowest BCUT2D eigenvalue weighted by molar-refractivity contribution is -0.0881. The highest BCUT2D eigenvalue weighted by Gasteiger charge is 2.47. The fourth-order valence-electron chi connectivity index (χ4n) is 5.71. The van der Waals surface area contributed by atoms with E-state index in [0.29, 0.717) is 35.5 Å². The number of nitrogens with zero attached hydrogens (tertiary/aromatic N) is 6. The van der Waals surface area contributed by atoms with Gasteiger partial charge in [-0.3, -0.25) is 4.90 Å². The summed E-state index contributed by atoms with van der Waals surface area (Å²) in [6.07, 6.45) is 1.33. The molecule has 2 aromatic heterocycles. The average Bonchev–Trinajstić information content (AvgIpc) is 3.85. The number of carbonyl (C=O) groups excluding carboxylic acids is 2. The highest BCUT2D eigenvalue weighted by atomic mass is 32.1. The lowest BCUT2D eigenvalue weighted by Gasteiger charge is -2.37. The minimum atomic E-state index is -1.91. The van der Waals surface area contributed by atoms with Crippen molar-refractivity contribution in [2.75, 3.05) is 33.1 Å². The van der Waals surface area contributed by atoms with Crippen LogP contribution in [0.15, 0.2) is 84.8 Å². The topological polar surface area (TPSA) is 142 Å². The number of benzene rings is 3. The van der Waals surface area contributed by atoms with Crippen LogP contribution in [0.25, 0.3) is 11.3 Å². The zero-order valence-corrected chi connectivity index (χ0v) is 28.2.